The van der Waals surface area contributed by atoms with Crippen molar-refractivity contribution in [2.75, 3.05) is 10.2 Å². The Labute approximate surface area is 179 Å². The standard InChI is InChI=1S/C22H12ClF3N2O3/c23-18-10-7-13(11-17(18)22(24,25)26)27-19(29)12-5-8-14(9-6-12)28-20(30)15-3-1-2-4-16(15)21(28)31/h1-11H,(H,27,29). The minimum absolute atomic E-state index is 0.0776. The molecular formula is C22H12ClF3N2O3. The molecule has 9 heteroatoms. The average molecular weight is 445 g/mol. The van der Waals surface area contributed by atoms with Gasteiger partial charge in [0, 0.05) is 11.3 Å². The molecule has 1 aliphatic heterocycles. The molecule has 3 amide bonds. The van der Waals surface area contributed by atoms with Crippen molar-refractivity contribution in [3.8, 4) is 0 Å². The normalized spacial score (nSPS) is 13.4. The summed E-state index contributed by atoms with van der Waals surface area (Å²) in [6, 6.07) is 15.0. The number of nitrogens with one attached hydrogen (secondary N) is 1. The Kier molecular flexibility index (Phi) is 5.02. The van der Waals surface area contributed by atoms with Gasteiger partial charge in [0.05, 0.1) is 27.4 Å². The summed E-state index contributed by atoms with van der Waals surface area (Å²) < 4.78 is 39.0. The SMILES string of the molecule is O=C(Nc1ccc(Cl)c(C(F)(F)F)c1)c1ccc(N2C(=O)c3ccccc3C2=O)cc1. The molecule has 3 aromatic carbocycles. The van der Waals surface area contributed by atoms with Crippen LogP contribution in [0.4, 0.5) is 24.5 Å². The maximum atomic E-state index is 13.0. The molecule has 31 heavy (non-hydrogen) atoms. The number of nitrogens with zero attached hydrogens (tertiary/aromatic N) is 1. The third kappa shape index (κ3) is 3.77. The molecule has 0 atom stereocenters. The molecule has 0 spiro atoms. The van der Waals surface area contributed by atoms with E-state index in [0.717, 1.165) is 17.0 Å². The molecule has 5 nitrogen and oxygen atoms in total. The van der Waals surface area contributed by atoms with Crippen LogP contribution in [0.25, 0.3) is 0 Å². The Bertz CT molecular complexity index is 1190. The van der Waals surface area contributed by atoms with Crippen LogP contribution in [-0.4, -0.2) is 17.7 Å². The Morgan fingerprint density at radius 1 is 0.871 bits per heavy atom. The van der Waals surface area contributed by atoms with Gasteiger partial charge in [0.15, 0.2) is 0 Å². The summed E-state index contributed by atoms with van der Waals surface area (Å²) in [4.78, 5) is 38.5. The van der Waals surface area contributed by atoms with Gasteiger partial charge >= 0.3 is 6.18 Å². The predicted octanol–water partition coefficient (Wildman–Crippen LogP) is 5.41. The summed E-state index contributed by atoms with van der Waals surface area (Å²) >= 11 is 5.58. The molecule has 0 radical (unpaired) electrons. The first kappa shape index (κ1) is 20.6. The molecule has 0 fully saturated rings. The molecular weight excluding hydrogens is 433 g/mol. The largest absolute Gasteiger partial charge is 0.417 e. The minimum Gasteiger partial charge on any atom is -0.322 e. The van der Waals surface area contributed by atoms with Gasteiger partial charge in [-0.2, -0.15) is 13.2 Å². The van der Waals surface area contributed by atoms with E-state index in [2.05, 4.69) is 5.32 Å². The molecule has 0 bridgehead atoms. The Hall–Kier alpha value is -3.65. The second kappa shape index (κ2) is 7.55. The molecule has 1 N–H and O–H groups in total. The van der Waals surface area contributed by atoms with Gasteiger partial charge in [-0.15, -0.1) is 0 Å². The molecule has 0 saturated carbocycles. The second-order valence-corrected chi connectivity index (χ2v) is 7.09. The predicted molar refractivity (Wildman–Crippen MR) is 108 cm³/mol. The molecule has 156 valence electrons. The van der Waals surface area contributed by atoms with Crippen molar-refractivity contribution in [2.45, 2.75) is 6.18 Å². The fraction of sp³-hybridized carbons (Fsp3) is 0.0455. The molecule has 1 heterocycles. The zero-order valence-corrected chi connectivity index (χ0v) is 16.3. The van der Waals surface area contributed by atoms with Crippen molar-refractivity contribution in [1.29, 1.82) is 0 Å². The smallest absolute Gasteiger partial charge is 0.322 e. The highest BCUT2D eigenvalue weighted by Crippen LogP contribution is 2.36. The van der Waals surface area contributed by atoms with Crippen LogP contribution in [0.5, 0.6) is 0 Å². The molecule has 0 aromatic heterocycles. The summed E-state index contributed by atoms with van der Waals surface area (Å²) in [6.45, 7) is 0. The average Bonchev–Trinajstić information content (AvgIpc) is 2.99. The van der Waals surface area contributed by atoms with E-state index in [1.807, 2.05) is 0 Å². The molecule has 0 aliphatic carbocycles. The first-order chi connectivity index (χ1) is 14.7. The van der Waals surface area contributed by atoms with E-state index >= 15 is 0 Å². The van der Waals surface area contributed by atoms with E-state index in [-0.39, 0.29) is 28.1 Å². The van der Waals surface area contributed by atoms with E-state index in [9.17, 15) is 27.6 Å². The molecule has 0 saturated heterocycles. The second-order valence-electron chi connectivity index (χ2n) is 6.68. The maximum Gasteiger partial charge on any atom is 0.417 e. The van der Waals surface area contributed by atoms with Crippen LogP contribution in [0, 0.1) is 0 Å². The van der Waals surface area contributed by atoms with Crippen LogP contribution in [-0.2, 0) is 6.18 Å². The summed E-state index contributed by atoms with van der Waals surface area (Å²) in [6.07, 6.45) is -4.66. The van der Waals surface area contributed by atoms with Gasteiger partial charge in [-0.25, -0.2) is 4.90 Å². The van der Waals surface area contributed by atoms with Gasteiger partial charge in [0.1, 0.15) is 0 Å². The van der Waals surface area contributed by atoms with Gasteiger partial charge in [-0.3, -0.25) is 14.4 Å². The van der Waals surface area contributed by atoms with E-state index in [1.165, 1.54) is 30.3 Å². The summed E-state index contributed by atoms with van der Waals surface area (Å²) in [7, 11) is 0. The van der Waals surface area contributed by atoms with Crippen molar-refractivity contribution in [3.05, 3.63) is 94.0 Å². The van der Waals surface area contributed by atoms with Gasteiger partial charge < -0.3 is 5.32 Å². The van der Waals surface area contributed by atoms with Crippen molar-refractivity contribution in [2.24, 2.45) is 0 Å². The number of carbonyl (C=O) groups excluding carboxylic acids is 3. The van der Waals surface area contributed by atoms with Crippen molar-refractivity contribution < 1.29 is 27.6 Å². The van der Waals surface area contributed by atoms with Crippen LogP contribution in [0.15, 0.2) is 66.7 Å². The monoisotopic (exact) mass is 444 g/mol. The van der Waals surface area contributed by atoms with Gasteiger partial charge in [0.2, 0.25) is 0 Å². The zero-order valence-electron chi connectivity index (χ0n) is 15.5. The third-order valence-electron chi connectivity index (χ3n) is 4.71. The molecule has 3 aromatic rings. The lowest BCUT2D eigenvalue weighted by Gasteiger charge is -2.15. The number of fused-ring (bicyclic) bond motifs is 1. The summed E-state index contributed by atoms with van der Waals surface area (Å²) in [5.74, 6) is -1.61. The Balaban J connectivity index is 1.54. The first-order valence-corrected chi connectivity index (χ1v) is 9.30. The molecule has 1 aliphatic rings. The number of amides is 3. The number of rotatable bonds is 3. The van der Waals surface area contributed by atoms with Gasteiger partial charge in [-0.1, -0.05) is 23.7 Å². The van der Waals surface area contributed by atoms with Crippen molar-refractivity contribution in [1.82, 2.24) is 0 Å². The van der Waals surface area contributed by atoms with Gasteiger partial charge in [-0.05, 0) is 54.6 Å². The third-order valence-corrected chi connectivity index (χ3v) is 5.04. The van der Waals surface area contributed by atoms with E-state index < -0.39 is 34.5 Å². The Morgan fingerprint density at radius 3 is 2.00 bits per heavy atom. The minimum atomic E-state index is -4.66. The van der Waals surface area contributed by atoms with E-state index in [1.54, 1.807) is 24.3 Å². The lowest BCUT2D eigenvalue weighted by atomic mass is 10.1. The van der Waals surface area contributed by atoms with Crippen LogP contribution in [0.2, 0.25) is 5.02 Å². The Morgan fingerprint density at radius 2 is 1.45 bits per heavy atom. The fourth-order valence-corrected chi connectivity index (χ4v) is 3.43. The number of anilines is 2. The number of hydrogen-bond acceptors (Lipinski definition) is 3. The van der Waals surface area contributed by atoms with Crippen LogP contribution in [0.3, 0.4) is 0 Å². The number of alkyl halides is 3. The molecule has 4 rings (SSSR count). The van der Waals surface area contributed by atoms with E-state index in [0.29, 0.717) is 0 Å². The quantitative estimate of drug-likeness (QED) is 0.549. The number of halogens is 4. The number of imide groups is 1. The lowest BCUT2D eigenvalue weighted by Crippen LogP contribution is -2.29. The highest BCUT2D eigenvalue weighted by molar-refractivity contribution is 6.34. The summed E-state index contributed by atoms with van der Waals surface area (Å²) in [5, 5.41) is 1.90. The topological polar surface area (TPSA) is 66.5 Å². The molecule has 0 unspecified atom stereocenters. The van der Waals surface area contributed by atoms with Gasteiger partial charge in [0.25, 0.3) is 17.7 Å². The number of hydrogen-bond donors (Lipinski definition) is 1. The number of carbonyl (C=O) groups is 3. The highest BCUT2D eigenvalue weighted by atomic mass is 35.5. The van der Waals surface area contributed by atoms with Crippen molar-refractivity contribution >= 4 is 40.7 Å². The summed E-state index contributed by atoms with van der Waals surface area (Å²) in [5.41, 5.74) is -0.161. The van der Waals surface area contributed by atoms with Crippen LogP contribution < -0.4 is 10.2 Å². The first-order valence-electron chi connectivity index (χ1n) is 8.93. The highest BCUT2D eigenvalue weighted by Gasteiger charge is 2.36. The zero-order chi connectivity index (χ0) is 22.3. The maximum absolute atomic E-state index is 13.0. The fourth-order valence-electron chi connectivity index (χ4n) is 3.21. The number of benzene rings is 3. The van der Waals surface area contributed by atoms with E-state index in [4.69, 9.17) is 11.6 Å². The lowest BCUT2D eigenvalue weighted by molar-refractivity contribution is -0.137. The van der Waals surface area contributed by atoms with Crippen LogP contribution >= 0.6 is 11.6 Å². The van der Waals surface area contributed by atoms with Crippen molar-refractivity contribution in [3.63, 3.8) is 0 Å². The van der Waals surface area contributed by atoms with Crippen LogP contribution in [0.1, 0.15) is 36.6 Å².